The zero-order valence-corrected chi connectivity index (χ0v) is 23.5. The van der Waals surface area contributed by atoms with Gasteiger partial charge < -0.3 is 14.6 Å². The maximum atomic E-state index is 12.6. The molecule has 0 aliphatic heterocycles. The number of hydrogen-bond donors (Lipinski definition) is 1. The minimum atomic E-state index is -0.493. The lowest BCUT2D eigenvalue weighted by molar-refractivity contribution is 0.0734. The Labute approximate surface area is 233 Å². The fourth-order valence-electron chi connectivity index (χ4n) is 4.27. The Kier molecular flexibility index (Phi) is 13.1. The van der Waals surface area contributed by atoms with Gasteiger partial charge in [-0.25, -0.2) is 4.79 Å². The van der Waals surface area contributed by atoms with Crippen LogP contribution in [0.25, 0.3) is 0 Å². The molecule has 0 bridgehead atoms. The van der Waals surface area contributed by atoms with E-state index < -0.39 is 5.97 Å². The first-order chi connectivity index (χ1) is 19.1. The molecule has 0 saturated carbocycles. The first-order valence-corrected chi connectivity index (χ1v) is 14.5. The predicted molar refractivity (Wildman–Crippen MR) is 160 cm³/mol. The number of phenolic OH excluding ortho intramolecular Hbond substituents is 1. The van der Waals surface area contributed by atoms with Crippen LogP contribution in [-0.2, 0) is 6.42 Å². The van der Waals surface area contributed by atoms with Crippen molar-refractivity contribution < 1.29 is 19.4 Å². The average Bonchev–Trinajstić information content (AvgIpc) is 2.95. The molecule has 0 aliphatic carbocycles. The molecular formula is C34H43NO4. The summed E-state index contributed by atoms with van der Waals surface area (Å²) in [5.74, 6) is 0.508. The minimum absolute atomic E-state index is 0.00423. The summed E-state index contributed by atoms with van der Waals surface area (Å²) in [5.41, 5.74) is 3.11. The van der Waals surface area contributed by atoms with Gasteiger partial charge in [-0.1, -0.05) is 77.3 Å². The van der Waals surface area contributed by atoms with Crippen LogP contribution < -0.4 is 9.47 Å². The van der Waals surface area contributed by atoms with Crippen molar-refractivity contribution in [1.29, 1.82) is 0 Å². The minimum Gasteiger partial charge on any atom is -0.507 e. The SMILES string of the molecule is CCCCCCCOc1ccc(C(=O)Oc2ccc(C=Nc3ccc(CCCCCCC)cc3)c(O)c2)cc1. The summed E-state index contributed by atoms with van der Waals surface area (Å²) >= 11 is 0. The van der Waals surface area contributed by atoms with E-state index in [1.807, 2.05) is 12.1 Å². The van der Waals surface area contributed by atoms with Crippen LogP contribution in [0.4, 0.5) is 5.69 Å². The molecule has 0 aliphatic rings. The van der Waals surface area contributed by atoms with Crippen LogP contribution in [0.5, 0.6) is 17.2 Å². The lowest BCUT2D eigenvalue weighted by atomic mass is 10.1. The Bertz CT molecular complexity index is 1150. The van der Waals surface area contributed by atoms with Gasteiger partial charge in [0.25, 0.3) is 0 Å². The molecule has 0 saturated heterocycles. The molecule has 0 radical (unpaired) electrons. The number of aromatic hydroxyl groups is 1. The molecule has 0 unspecified atom stereocenters. The maximum Gasteiger partial charge on any atom is 0.343 e. The highest BCUT2D eigenvalue weighted by atomic mass is 16.5. The van der Waals surface area contributed by atoms with Crippen molar-refractivity contribution in [3.8, 4) is 17.2 Å². The van der Waals surface area contributed by atoms with Crippen molar-refractivity contribution in [1.82, 2.24) is 0 Å². The number of phenols is 1. The molecule has 39 heavy (non-hydrogen) atoms. The van der Waals surface area contributed by atoms with Crippen molar-refractivity contribution in [2.75, 3.05) is 6.61 Å². The van der Waals surface area contributed by atoms with Crippen LogP contribution >= 0.6 is 0 Å². The Balaban J connectivity index is 1.46. The molecule has 208 valence electrons. The normalized spacial score (nSPS) is 11.1. The van der Waals surface area contributed by atoms with Gasteiger partial charge >= 0.3 is 5.97 Å². The third-order valence-electron chi connectivity index (χ3n) is 6.68. The van der Waals surface area contributed by atoms with Gasteiger partial charge in [-0.15, -0.1) is 0 Å². The molecule has 0 spiro atoms. The van der Waals surface area contributed by atoms with Crippen LogP contribution in [0.2, 0.25) is 0 Å². The van der Waals surface area contributed by atoms with Gasteiger partial charge in [0.2, 0.25) is 0 Å². The summed E-state index contributed by atoms with van der Waals surface area (Å²) < 4.78 is 11.2. The molecular weight excluding hydrogens is 486 g/mol. The summed E-state index contributed by atoms with van der Waals surface area (Å²) in [4.78, 5) is 17.0. The quantitative estimate of drug-likeness (QED) is 0.0819. The van der Waals surface area contributed by atoms with Crippen molar-refractivity contribution >= 4 is 17.9 Å². The number of ether oxygens (including phenoxy) is 2. The average molecular weight is 530 g/mol. The number of rotatable bonds is 17. The van der Waals surface area contributed by atoms with Crippen molar-refractivity contribution in [2.45, 2.75) is 84.5 Å². The van der Waals surface area contributed by atoms with Gasteiger partial charge in [-0.2, -0.15) is 0 Å². The molecule has 0 amide bonds. The molecule has 0 aromatic heterocycles. The van der Waals surface area contributed by atoms with E-state index >= 15 is 0 Å². The Hall–Kier alpha value is -3.60. The fourth-order valence-corrected chi connectivity index (χ4v) is 4.27. The standard InChI is InChI=1S/C34H43NO4/c1-3-5-7-9-11-13-27-14-19-30(20-15-27)35-26-29-18-23-32(25-33(29)36)39-34(37)28-16-21-31(22-17-28)38-24-12-10-8-6-4-2/h14-23,25-26,36H,3-13,24H2,1-2H3. The Morgan fingerprint density at radius 3 is 2.08 bits per heavy atom. The Morgan fingerprint density at radius 1 is 0.769 bits per heavy atom. The van der Waals surface area contributed by atoms with E-state index in [-0.39, 0.29) is 11.5 Å². The van der Waals surface area contributed by atoms with Gasteiger partial charge in [0.15, 0.2) is 0 Å². The van der Waals surface area contributed by atoms with Gasteiger partial charge in [0.05, 0.1) is 17.9 Å². The number of aliphatic imine (C=N–C) groups is 1. The predicted octanol–water partition coefficient (Wildman–Crippen LogP) is 9.22. The smallest absolute Gasteiger partial charge is 0.343 e. The number of carbonyl (C=O) groups is 1. The highest BCUT2D eigenvalue weighted by Gasteiger charge is 2.11. The van der Waals surface area contributed by atoms with Crippen molar-refractivity contribution in [2.24, 2.45) is 4.99 Å². The zero-order chi connectivity index (χ0) is 27.7. The number of esters is 1. The van der Waals surface area contributed by atoms with Gasteiger partial charge in [0.1, 0.15) is 17.2 Å². The van der Waals surface area contributed by atoms with Crippen molar-refractivity contribution in [3.63, 3.8) is 0 Å². The van der Waals surface area contributed by atoms with Gasteiger partial charge in [-0.3, -0.25) is 4.99 Å². The monoisotopic (exact) mass is 529 g/mol. The number of nitrogens with zero attached hydrogens (tertiary/aromatic N) is 1. The fraction of sp³-hybridized carbons (Fsp3) is 0.412. The molecule has 5 heteroatoms. The molecule has 0 atom stereocenters. The van der Waals surface area contributed by atoms with Crippen LogP contribution in [0.1, 0.15) is 99.5 Å². The number of unbranched alkanes of at least 4 members (excludes halogenated alkanes) is 8. The van der Waals surface area contributed by atoms with Crippen LogP contribution in [0.3, 0.4) is 0 Å². The van der Waals surface area contributed by atoms with E-state index in [9.17, 15) is 9.90 Å². The van der Waals surface area contributed by atoms with E-state index in [2.05, 4.69) is 31.0 Å². The Morgan fingerprint density at radius 2 is 1.41 bits per heavy atom. The first kappa shape index (κ1) is 29.9. The first-order valence-electron chi connectivity index (χ1n) is 14.5. The van der Waals surface area contributed by atoms with Crippen LogP contribution in [-0.4, -0.2) is 23.9 Å². The largest absolute Gasteiger partial charge is 0.507 e. The lowest BCUT2D eigenvalue weighted by Gasteiger charge is -2.08. The number of carbonyl (C=O) groups excluding carboxylic acids is 1. The molecule has 5 nitrogen and oxygen atoms in total. The van der Waals surface area contributed by atoms with E-state index in [4.69, 9.17) is 9.47 Å². The summed E-state index contributed by atoms with van der Waals surface area (Å²) in [5, 5.41) is 10.4. The van der Waals surface area contributed by atoms with Gasteiger partial charge in [0, 0.05) is 17.8 Å². The van der Waals surface area contributed by atoms with Gasteiger partial charge in [-0.05, 0) is 73.4 Å². The second-order valence-electron chi connectivity index (χ2n) is 9.99. The molecule has 3 aromatic carbocycles. The molecule has 0 fully saturated rings. The second-order valence-corrected chi connectivity index (χ2v) is 9.99. The van der Waals surface area contributed by atoms with Crippen molar-refractivity contribution in [3.05, 3.63) is 83.4 Å². The summed E-state index contributed by atoms with van der Waals surface area (Å²) in [7, 11) is 0. The van der Waals surface area contributed by atoms with E-state index in [0.29, 0.717) is 17.7 Å². The van der Waals surface area contributed by atoms with E-state index in [0.717, 1.165) is 24.3 Å². The highest BCUT2D eigenvalue weighted by Crippen LogP contribution is 2.25. The number of benzene rings is 3. The number of hydrogen-bond acceptors (Lipinski definition) is 5. The number of aryl methyl sites for hydroxylation is 1. The topological polar surface area (TPSA) is 68.1 Å². The lowest BCUT2D eigenvalue weighted by Crippen LogP contribution is -2.08. The highest BCUT2D eigenvalue weighted by molar-refractivity contribution is 5.91. The zero-order valence-electron chi connectivity index (χ0n) is 23.5. The third-order valence-corrected chi connectivity index (χ3v) is 6.68. The summed E-state index contributed by atoms with van der Waals surface area (Å²) in [6, 6.07) is 19.9. The van der Waals surface area contributed by atoms with E-state index in [1.165, 1.54) is 69.4 Å². The van der Waals surface area contributed by atoms with Crippen LogP contribution in [0, 0.1) is 0 Å². The molecule has 1 N–H and O–H groups in total. The molecule has 0 heterocycles. The summed E-state index contributed by atoms with van der Waals surface area (Å²) in [6.07, 6.45) is 15.0. The van der Waals surface area contributed by atoms with Crippen LogP contribution in [0.15, 0.2) is 71.7 Å². The summed E-state index contributed by atoms with van der Waals surface area (Å²) in [6.45, 7) is 5.11. The molecule has 3 aromatic rings. The molecule has 3 rings (SSSR count). The van der Waals surface area contributed by atoms with E-state index in [1.54, 1.807) is 42.6 Å². The second kappa shape index (κ2) is 17.1. The third kappa shape index (κ3) is 11.0. The maximum absolute atomic E-state index is 12.6.